The summed E-state index contributed by atoms with van der Waals surface area (Å²) in [7, 11) is 1.33. The van der Waals surface area contributed by atoms with Crippen molar-refractivity contribution >= 4 is 27.8 Å². The van der Waals surface area contributed by atoms with Crippen LogP contribution in [-0.4, -0.2) is 41.5 Å². The molecule has 1 aromatic rings. The lowest BCUT2D eigenvalue weighted by Crippen LogP contribution is -2.42. The second-order valence-corrected chi connectivity index (χ2v) is 5.63. The molecule has 1 fully saturated rings. The SMILES string of the molecule is COC(=O)CN(C(=O)c1ccc(Br)nc1)C1CCCC1. The summed E-state index contributed by atoms with van der Waals surface area (Å²) in [5.41, 5.74) is 0.490. The summed E-state index contributed by atoms with van der Waals surface area (Å²) in [4.78, 5) is 29.8. The van der Waals surface area contributed by atoms with Crippen LogP contribution >= 0.6 is 15.9 Å². The van der Waals surface area contributed by atoms with Crippen LogP contribution < -0.4 is 0 Å². The average molecular weight is 341 g/mol. The lowest BCUT2D eigenvalue weighted by atomic mass is 10.1. The Labute approximate surface area is 126 Å². The Bertz CT molecular complexity index is 484. The highest BCUT2D eigenvalue weighted by Crippen LogP contribution is 2.25. The number of methoxy groups -OCH3 is 1. The molecule has 1 amide bonds. The molecule has 0 N–H and O–H groups in total. The topological polar surface area (TPSA) is 59.5 Å². The molecule has 0 aliphatic heterocycles. The highest BCUT2D eigenvalue weighted by atomic mass is 79.9. The van der Waals surface area contributed by atoms with E-state index in [0.29, 0.717) is 10.2 Å². The fourth-order valence-electron chi connectivity index (χ4n) is 2.45. The van der Waals surface area contributed by atoms with Crippen molar-refractivity contribution < 1.29 is 14.3 Å². The number of hydrogen-bond acceptors (Lipinski definition) is 4. The van der Waals surface area contributed by atoms with Crippen LogP contribution in [0.4, 0.5) is 0 Å². The summed E-state index contributed by atoms with van der Waals surface area (Å²) >= 11 is 3.24. The standard InChI is InChI=1S/C14H17BrN2O3/c1-20-13(18)9-17(11-4-2-3-5-11)14(19)10-6-7-12(15)16-8-10/h6-8,11H,2-5,9H2,1H3. The monoisotopic (exact) mass is 340 g/mol. The first-order chi connectivity index (χ1) is 9.61. The molecule has 1 aromatic heterocycles. The number of nitrogens with zero attached hydrogens (tertiary/aromatic N) is 2. The largest absolute Gasteiger partial charge is 0.468 e. The molecule has 1 heterocycles. The third-order valence-corrected chi connectivity index (χ3v) is 4.00. The van der Waals surface area contributed by atoms with E-state index < -0.39 is 5.97 Å². The van der Waals surface area contributed by atoms with E-state index >= 15 is 0 Å². The molecule has 0 atom stereocenters. The van der Waals surface area contributed by atoms with Crippen molar-refractivity contribution in [3.63, 3.8) is 0 Å². The van der Waals surface area contributed by atoms with Gasteiger partial charge in [0.2, 0.25) is 0 Å². The molecule has 1 aliphatic rings. The maximum atomic E-state index is 12.6. The third kappa shape index (κ3) is 3.56. The summed E-state index contributed by atoms with van der Waals surface area (Å²) in [6.45, 7) is -0.00390. The van der Waals surface area contributed by atoms with Gasteiger partial charge in [0.15, 0.2) is 0 Å². The third-order valence-electron chi connectivity index (χ3n) is 3.53. The molecule has 0 aromatic carbocycles. The Kier molecular flexibility index (Phi) is 5.11. The molecule has 6 heteroatoms. The van der Waals surface area contributed by atoms with Crippen molar-refractivity contribution in [1.82, 2.24) is 9.88 Å². The zero-order valence-corrected chi connectivity index (χ0v) is 12.9. The number of carbonyl (C=O) groups excluding carboxylic acids is 2. The number of rotatable bonds is 4. The van der Waals surface area contributed by atoms with Gasteiger partial charge >= 0.3 is 5.97 Å². The molecular weight excluding hydrogens is 324 g/mol. The first-order valence-electron chi connectivity index (χ1n) is 6.61. The smallest absolute Gasteiger partial charge is 0.325 e. The highest BCUT2D eigenvalue weighted by molar-refractivity contribution is 9.10. The average Bonchev–Trinajstić information content (AvgIpc) is 2.98. The molecule has 108 valence electrons. The zero-order chi connectivity index (χ0) is 14.5. The molecule has 1 aliphatic carbocycles. The van der Waals surface area contributed by atoms with E-state index in [4.69, 9.17) is 0 Å². The number of hydrogen-bond donors (Lipinski definition) is 0. The number of halogens is 1. The van der Waals surface area contributed by atoms with Gasteiger partial charge in [0.25, 0.3) is 5.91 Å². The van der Waals surface area contributed by atoms with Crippen molar-refractivity contribution in [2.75, 3.05) is 13.7 Å². The molecule has 0 saturated heterocycles. The normalized spacial score (nSPS) is 15.1. The molecule has 0 unspecified atom stereocenters. The van der Waals surface area contributed by atoms with E-state index in [1.807, 2.05) is 0 Å². The van der Waals surface area contributed by atoms with Crippen molar-refractivity contribution in [3.8, 4) is 0 Å². The lowest BCUT2D eigenvalue weighted by Gasteiger charge is -2.27. The van der Waals surface area contributed by atoms with E-state index in [-0.39, 0.29) is 18.5 Å². The first kappa shape index (κ1) is 15.0. The van der Waals surface area contributed by atoms with Gasteiger partial charge in [-0.05, 0) is 40.9 Å². The van der Waals surface area contributed by atoms with Gasteiger partial charge in [-0.25, -0.2) is 4.98 Å². The van der Waals surface area contributed by atoms with Crippen molar-refractivity contribution in [2.45, 2.75) is 31.7 Å². The van der Waals surface area contributed by atoms with E-state index in [1.165, 1.54) is 13.3 Å². The number of pyridine rings is 1. The Balaban J connectivity index is 2.18. The Morgan fingerprint density at radius 2 is 2.10 bits per heavy atom. The summed E-state index contributed by atoms with van der Waals surface area (Å²) in [6, 6.07) is 3.54. The van der Waals surface area contributed by atoms with Crippen LogP contribution in [0.25, 0.3) is 0 Å². The summed E-state index contributed by atoms with van der Waals surface area (Å²) < 4.78 is 5.36. The minimum absolute atomic E-state index is 0.00390. The van der Waals surface area contributed by atoms with Gasteiger partial charge in [0.1, 0.15) is 11.1 Å². The number of ether oxygens (including phenoxy) is 1. The van der Waals surface area contributed by atoms with Gasteiger partial charge < -0.3 is 9.64 Å². The first-order valence-corrected chi connectivity index (χ1v) is 7.40. The van der Waals surface area contributed by atoms with Crippen molar-refractivity contribution in [2.24, 2.45) is 0 Å². The fourth-order valence-corrected chi connectivity index (χ4v) is 2.69. The van der Waals surface area contributed by atoms with Crippen LogP contribution in [0.5, 0.6) is 0 Å². The minimum Gasteiger partial charge on any atom is -0.468 e. The number of carbonyl (C=O) groups is 2. The second-order valence-electron chi connectivity index (χ2n) is 4.82. The summed E-state index contributed by atoms with van der Waals surface area (Å²) in [5.74, 6) is -0.558. The highest BCUT2D eigenvalue weighted by Gasteiger charge is 2.29. The second kappa shape index (κ2) is 6.83. The van der Waals surface area contributed by atoms with Gasteiger partial charge in [-0.1, -0.05) is 12.8 Å². The quantitative estimate of drug-likeness (QED) is 0.623. The van der Waals surface area contributed by atoms with Crippen molar-refractivity contribution in [1.29, 1.82) is 0 Å². The van der Waals surface area contributed by atoms with Crippen molar-refractivity contribution in [3.05, 3.63) is 28.5 Å². The van der Waals surface area contributed by atoms with E-state index in [9.17, 15) is 9.59 Å². The molecule has 5 nitrogen and oxygen atoms in total. The van der Waals surface area contributed by atoms with Gasteiger partial charge in [-0.2, -0.15) is 0 Å². The molecule has 0 bridgehead atoms. The maximum Gasteiger partial charge on any atom is 0.325 e. The number of aromatic nitrogens is 1. The maximum absolute atomic E-state index is 12.6. The van der Waals surface area contributed by atoms with E-state index in [1.54, 1.807) is 17.0 Å². The molecule has 20 heavy (non-hydrogen) atoms. The molecule has 1 saturated carbocycles. The van der Waals surface area contributed by atoms with Crippen LogP contribution in [0.3, 0.4) is 0 Å². The minimum atomic E-state index is -0.393. The lowest BCUT2D eigenvalue weighted by molar-refractivity contribution is -0.141. The van der Waals surface area contributed by atoms with Gasteiger partial charge in [0.05, 0.1) is 12.7 Å². The number of amides is 1. The van der Waals surface area contributed by atoms with E-state index in [2.05, 4.69) is 25.7 Å². The van der Waals surface area contributed by atoms with Crippen LogP contribution in [0, 0.1) is 0 Å². The van der Waals surface area contributed by atoms with Gasteiger partial charge in [0, 0.05) is 12.2 Å². The predicted octanol–water partition coefficient (Wildman–Crippen LogP) is 2.40. The van der Waals surface area contributed by atoms with Crippen LogP contribution in [0.1, 0.15) is 36.0 Å². The Morgan fingerprint density at radius 1 is 1.40 bits per heavy atom. The summed E-state index contributed by atoms with van der Waals surface area (Å²) in [6.07, 6.45) is 5.58. The predicted molar refractivity (Wildman–Crippen MR) is 77.2 cm³/mol. The Hall–Kier alpha value is -1.43. The molecular formula is C14H17BrN2O3. The summed E-state index contributed by atoms with van der Waals surface area (Å²) in [5, 5.41) is 0. The molecule has 0 spiro atoms. The van der Waals surface area contributed by atoms with Gasteiger partial charge in [-0.15, -0.1) is 0 Å². The van der Waals surface area contributed by atoms with Crippen LogP contribution in [-0.2, 0) is 9.53 Å². The van der Waals surface area contributed by atoms with Crippen LogP contribution in [0.15, 0.2) is 22.9 Å². The van der Waals surface area contributed by atoms with E-state index in [0.717, 1.165) is 25.7 Å². The fraction of sp³-hybridized carbons (Fsp3) is 0.500. The Morgan fingerprint density at radius 3 is 2.65 bits per heavy atom. The molecule has 2 rings (SSSR count). The number of esters is 1. The zero-order valence-electron chi connectivity index (χ0n) is 11.3. The van der Waals surface area contributed by atoms with Crippen LogP contribution in [0.2, 0.25) is 0 Å². The van der Waals surface area contributed by atoms with Gasteiger partial charge in [-0.3, -0.25) is 9.59 Å². The molecule has 0 radical (unpaired) electrons.